The quantitative estimate of drug-likeness (QED) is 0.867. The van der Waals surface area contributed by atoms with Crippen LogP contribution in [0, 0.1) is 5.92 Å². The third kappa shape index (κ3) is 3.53. The second-order valence-electron chi connectivity index (χ2n) is 4.89. The predicted octanol–water partition coefficient (Wildman–Crippen LogP) is 2.24. The number of carboxylic acids is 1. The van der Waals surface area contributed by atoms with Gasteiger partial charge in [-0.3, -0.25) is 4.79 Å². The van der Waals surface area contributed by atoms with Gasteiger partial charge in [0.2, 0.25) is 5.09 Å². The lowest BCUT2D eigenvalue weighted by molar-refractivity contribution is -0.140. The molecule has 1 aromatic heterocycles. The average molecular weight is 322 g/mol. The maximum atomic E-state index is 12.1. The second kappa shape index (κ2) is 6.15. The molecule has 1 heterocycles. The van der Waals surface area contributed by atoms with Crippen molar-refractivity contribution in [1.82, 2.24) is 4.72 Å². The summed E-state index contributed by atoms with van der Waals surface area (Å²) in [5.41, 5.74) is 0. The third-order valence-electron chi connectivity index (χ3n) is 3.48. The van der Waals surface area contributed by atoms with E-state index >= 15 is 0 Å². The number of halogens is 1. The highest BCUT2D eigenvalue weighted by atomic mass is 35.5. The summed E-state index contributed by atoms with van der Waals surface area (Å²) in [5, 5.41) is 8.83. The molecule has 0 bridgehead atoms. The number of carboxylic acid groups (broad SMARTS) is 1. The highest BCUT2D eigenvalue weighted by molar-refractivity contribution is 7.89. The smallest absolute Gasteiger partial charge is 0.322 e. The minimum absolute atomic E-state index is 0.0603. The SMILES string of the molecule is O=C(O)[C@@H](NS(=O)(=O)c1ccc(Cl)o1)C1CCCCC1. The number of nitrogens with one attached hydrogen (secondary N) is 1. The van der Waals surface area contributed by atoms with Crippen LogP contribution in [-0.2, 0) is 14.8 Å². The van der Waals surface area contributed by atoms with Crippen LogP contribution in [-0.4, -0.2) is 25.5 Å². The maximum absolute atomic E-state index is 12.1. The van der Waals surface area contributed by atoms with Crippen molar-refractivity contribution < 1.29 is 22.7 Å². The fourth-order valence-electron chi connectivity index (χ4n) is 2.48. The van der Waals surface area contributed by atoms with E-state index in [1.807, 2.05) is 0 Å². The summed E-state index contributed by atoms with van der Waals surface area (Å²) >= 11 is 5.54. The summed E-state index contributed by atoms with van der Waals surface area (Å²) in [4.78, 5) is 11.3. The molecular weight excluding hydrogens is 306 g/mol. The second-order valence-corrected chi connectivity index (χ2v) is 6.91. The monoisotopic (exact) mass is 321 g/mol. The Morgan fingerprint density at radius 3 is 2.50 bits per heavy atom. The van der Waals surface area contributed by atoms with Gasteiger partial charge < -0.3 is 9.52 Å². The molecule has 112 valence electrons. The first-order valence-corrected chi connectivity index (χ1v) is 8.27. The molecule has 2 N–H and O–H groups in total. The van der Waals surface area contributed by atoms with Gasteiger partial charge in [-0.2, -0.15) is 4.72 Å². The van der Waals surface area contributed by atoms with Gasteiger partial charge in [-0.1, -0.05) is 19.3 Å². The summed E-state index contributed by atoms with van der Waals surface area (Å²) in [6.45, 7) is 0. The molecule has 1 fully saturated rings. The van der Waals surface area contributed by atoms with E-state index in [1.165, 1.54) is 12.1 Å². The van der Waals surface area contributed by atoms with E-state index in [2.05, 4.69) is 4.72 Å². The van der Waals surface area contributed by atoms with Crippen LogP contribution in [0.4, 0.5) is 0 Å². The van der Waals surface area contributed by atoms with Gasteiger partial charge in [-0.15, -0.1) is 0 Å². The molecule has 0 aliphatic heterocycles. The first-order chi connectivity index (χ1) is 9.40. The molecule has 0 aromatic carbocycles. The van der Waals surface area contributed by atoms with Crippen molar-refractivity contribution >= 4 is 27.6 Å². The Morgan fingerprint density at radius 2 is 2.00 bits per heavy atom. The van der Waals surface area contributed by atoms with E-state index in [0.717, 1.165) is 19.3 Å². The zero-order valence-electron chi connectivity index (χ0n) is 10.7. The lowest BCUT2D eigenvalue weighted by atomic mass is 9.84. The average Bonchev–Trinajstić information content (AvgIpc) is 2.84. The Balaban J connectivity index is 2.17. The van der Waals surface area contributed by atoms with E-state index < -0.39 is 22.0 Å². The lowest BCUT2D eigenvalue weighted by Gasteiger charge is -2.27. The van der Waals surface area contributed by atoms with Crippen LogP contribution >= 0.6 is 11.6 Å². The van der Waals surface area contributed by atoms with Gasteiger partial charge in [0.1, 0.15) is 6.04 Å². The normalized spacial score (nSPS) is 18.9. The zero-order chi connectivity index (χ0) is 14.8. The minimum atomic E-state index is -4.01. The standard InChI is InChI=1S/C12H16ClNO5S/c13-9-6-7-10(19-9)20(17,18)14-11(12(15)16)8-4-2-1-3-5-8/h6-8,11,14H,1-5H2,(H,15,16)/t11-/m0/s1. The number of furan rings is 1. The van der Waals surface area contributed by atoms with Gasteiger partial charge in [0.25, 0.3) is 10.0 Å². The topological polar surface area (TPSA) is 96.6 Å². The Bertz CT molecular complexity index is 576. The van der Waals surface area contributed by atoms with Crippen molar-refractivity contribution in [3.63, 3.8) is 0 Å². The highest BCUT2D eigenvalue weighted by Gasteiger charge is 2.34. The Morgan fingerprint density at radius 1 is 1.35 bits per heavy atom. The Kier molecular flexibility index (Phi) is 4.72. The molecule has 1 aliphatic carbocycles. The van der Waals surface area contributed by atoms with Crippen molar-refractivity contribution in [1.29, 1.82) is 0 Å². The molecule has 6 nitrogen and oxygen atoms in total. The lowest BCUT2D eigenvalue weighted by Crippen LogP contribution is -2.46. The van der Waals surface area contributed by atoms with Gasteiger partial charge in [-0.05, 0) is 42.5 Å². The molecule has 0 radical (unpaired) electrons. The molecule has 8 heteroatoms. The van der Waals surface area contributed by atoms with Gasteiger partial charge in [-0.25, -0.2) is 8.42 Å². The number of hydrogen-bond acceptors (Lipinski definition) is 4. The zero-order valence-corrected chi connectivity index (χ0v) is 12.3. The van der Waals surface area contributed by atoms with Gasteiger partial charge >= 0.3 is 5.97 Å². The molecule has 0 spiro atoms. The summed E-state index contributed by atoms with van der Waals surface area (Å²) in [7, 11) is -4.01. The number of hydrogen-bond donors (Lipinski definition) is 2. The molecule has 0 saturated heterocycles. The summed E-state index contributed by atoms with van der Waals surface area (Å²) in [5.74, 6) is -1.36. The molecule has 0 unspecified atom stereocenters. The number of sulfonamides is 1. The van der Waals surface area contributed by atoms with E-state index in [9.17, 15) is 18.3 Å². The molecule has 1 aromatic rings. The van der Waals surface area contributed by atoms with Crippen molar-refractivity contribution in [2.45, 2.75) is 43.2 Å². The molecule has 0 amide bonds. The molecule has 1 saturated carbocycles. The fraction of sp³-hybridized carbons (Fsp3) is 0.583. The summed E-state index contributed by atoms with van der Waals surface area (Å²) < 4.78 is 31.2. The van der Waals surface area contributed by atoms with Gasteiger partial charge in [0.15, 0.2) is 5.22 Å². The van der Waals surface area contributed by atoms with E-state index in [-0.39, 0.29) is 16.2 Å². The number of carbonyl (C=O) groups is 1. The van der Waals surface area contributed by atoms with Crippen LogP contribution in [0.5, 0.6) is 0 Å². The van der Waals surface area contributed by atoms with Crippen LogP contribution in [0.25, 0.3) is 0 Å². The largest absolute Gasteiger partial charge is 0.480 e. The van der Waals surface area contributed by atoms with Crippen LogP contribution < -0.4 is 4.72 Å². The van der Waals surface area contributed by atoms with E-state index in [0.29, 0.717) is 12.8 Å². The predicted molar refractivity (Wildman–Crippen MR) is 72.0 cm³/mol. The Labute approximate surface area is 122 Å². The molecule has 1 aliphatic rings. The van der Waals surface area contributed by atoms with Crippen molar-refractivity contribution in [2.75, 3.05) is 0 Å². The molecule has 2 rings (SSSR count). The molecule has 20 heavy (non-hydrogen) atoms. The number of aliphatic carboxylic acids is 1. The number of rotatable bonds is 5. The van der Waals surface area contributed by atoms with Crippen molar-refractivity contribution in [3.05, 3.63) is 17.4 Å². The summed E-state index contributed by atoms with van der Waals surface area (Å²) in [6.07, 6.45) is 4.31. The van der Waals surface area contributed by atoms with Crippen LogP contribution in [0.1, 0.15) is 32.1 Å². The van der Waals surface area contributed by atoms with Gasteiger partial charge in [0, 0.05) is 0 Å². The first-order valence-electron chi connectivity index (χ1n) is 6.40. The third-order valence-corrected chi connectivity index (χ3v) is 5.00. The van der Waals surface area contributed by atoms with E-state index in [1.54, 1.807) is 0 Å². The molecule has 1 atom stereocenters. The minimum Gasteiger partial charge on any atom is -0.480 e. The maximum Gasteiger partial charge on any atom is 0.322 e. The van der Waals surface area contributed by atoms with E-state index in [4.69, 9.17) is 16.0 Å². The van der Waals surface area contributed by atoms with Crippen LogP contribution in [0.3, 0.4) is 0 Å². The Hall–Kier alpha value is -1.05. The fourth-order valence-corrected chi connectivity index (χ4v) is 3.87. The van der Waals surface area contributed by atoms with Crippen molar-refractivity contribution in [2.24, 2.45) is 5.92 Å². The van der Waals surface area contributed by atoms with Gasteiger partial charge in [0.05, 0.1) is 0 Å². The summed E-state index contributed by atoms with van der Waals surface area (Å²) in [6, 6.07) is 1.36. The van der Waals surface area contributed by atoms with Crippen LogP contribution in [0.2, 0.25) is 5.22 Å². The first kappa shape index (κ1) is 15.3. The van der Waals surface area contributed by atoms with Crippen LogP contribution in [0.15, 0.2) is 21.6 Å². The van der Waals surface area contributed by atoms with Crippen molar-refractivity contribution in [3.8, 4) is 0 Å². The molecular formula is C12H16ClNO5S. The highest BCUT2D eigenvalue weighted by Crippen LogP contribution is 2.28.